The smallest absolute Gasteiger partial charge is 0.326 e. The van der Waals surface area contributed by atoms with Crippen molar-refractivity contribution in [3.63, 3.8) is 0 Å². The van der Waals surface area contributed by atoms with E-state index in [4.69, 9.17) is 10.2 Å². The Labute approximate surface area is 238 Å². The number of hydrogen-bond acceptors (Lipinski definition) is 8. The lowest BCUT2D eigenvalue weighted by Gasteiger charge is -2.29. The van der Waals surface area contributed by atoms with Gasteiger partial charge in [-0.2, -0.15) is 0 Å². The Hall–Kier alpha value is -3.75. The van der Waals surface area contributed by atoms with Crippen LogP contribution >= 0.6 is 0 Å². The van der Waals surface area contributed by atoms with Crippen LogP contribution in [0.1, 0.15) is 72.6 Å². The molecule has 0 bridgehead atoms. The van der Waals surface area contributed by atoms with E-state index in [0.717, 1.165) is 6.42 Å². The van der Waals surface area contributed by atoms with Crippen molar-refractivity contribution in [2.45, 2.75) is 103 Å². The van der Waals surface area contributed by atoms with Crippen LogP contribution in [0.4, 0.5) is 0 Å². The van der Waals surface area contributed by atoms with Gasteiger partial charge in [-0.3, -0.25) is 28.8 Å². The van der Waals surface area contributed by atoms with Gasteiger partial charge in [-0.15, -0.1) is 0 Å². The van der Waals surface area contributed by atoms with E-state index < -0.39 is 96.4 Å². The zero-order valence-electron chi connectivity index (χ0n) is 23.9. The largest absolute Gasteiger partial charge is 0.481 e. The van der Waals surface area contributed by atoms with E-state index >= 15 is 0 Å². The van der Waals surface area contributed by atoms with E-state index in [1.54, 1.807) is 27.7 Å². The number of nitrogens with one attached hydrogen (secondary N) is 5. The summed E-state index contributed by atoms with van der Waals surface area (Å²) in [6, 6.07) is -5.73. The van der Waals surface area contributed by atoms with Gasteiger partial charge in [0.15, 0.2) is 0 Å². The van der Waals surface area contributed by atoms with Crippen molar-refractivity contribution in [1.29, 1.82) is 0 Å². The highest BCUT2D eigenvalue weighted by atomic mass is 16.4. The Kier molecular flexibility index (Phi) is 14.8. The fourth-order valence-electron chi connectivity index (χ4n) is 4.24. The third-order valence-corrected chi connectivity index (χ3v) is 6.96. The van der Waals surface area contributed by atoms with Crippen molar-refractivity contribution in [2.24, 2.45) is 11.8 Å². The monoisotopic (exact) mass is 585 g/mol. The molecule has 1 aliphatic rings. The van der Waals surface area contributed by atoms with Gasteiger partial charge in [0, 0.05) is 12.8 Å². The summed E-state index contributed by atoms with van der Waals surface area (Å²) in [5, 5.41) is 40.5. The summed E-state index contributed by atoms with van der Waals surface area (Å²) in [5.41, 5.74) is 0. The van der Waals surface area contributed by atoms with Crippen LogP contribution in [0.25, 0.3) is 0 Å². The van der Waals surface area contributed by atoms with Crippen LogP contribution in [0.15, 0.2) is 0 Å². The number of carboxylic acids is 3. The van der Waals surface area contributed by atoms with Gasteiger partial charge in [0.25, 0.3) is 0 Å². The lowest BCUT2D eigenvalue weighted by atomic mass is 9.96. The van der Waals surface area contributed by atoms with Crippen molar-refractivity contribution >= 4 is 41.5 Å². The third-order valence-electron chi connectivity index (χ3n) is 6.96. The molecule has 0 aromatic heterocycles. The van der Waals surface area contributed by atoms with Crippen molar-refractivity contribution in [3.05, 3.63) is 0 Å². The summed E-state index contributed by atoms with van der Waals surface area (Å²) < 4.78 is 0. The molecule has 0 radical (unpaired) electrons. The predicted molar refractivity (Wildman–Crippen MR) is 144 cm³/mol. The number of amides is 4. The first kappa shape index (κ1) is 35.3. The summed E-state index contributed by atoms with van der Waals surface area (Å²) in [7, 11) is 0. The number of rotatable bonds is 18. The van der Waals surface area contributed by atoms with Crippen LogP contribution in [0, 0.1) is 11.8 Å². The molecule has 0 unspecified atom stereocenters. The highest BCUT2D eigenvalue weighted by molar-refractivity contribution is 5.96. The van der Waals surface area contributed by atoms with Gasteiger partial charge < -0.3 is 41.9 Å². The van der Waals surface area contributed by atoms with Crippen molar-refractivity contribution in [1.82, 2.24) is 26.6 Å². The molecule has 6 atom stereocenters. The molecule has 41 heavy (non-hydrogen) atoms. The first-order chi connectivity index (χ1) is 19.2. The van der Waals surface area contributed by atoms with Gasteiger partial charge in [0.2, 0.25) is 23.6 Å². The summed E-state index contributed by atoms with van der Waals surface area (Å²) >= 11 is 0. The van der Waals surface area contributed by atoms with Gasteiger partial charge in [0.1, 0.15) is 24.2 Å². The zero-order chi connectivity index (χ0) is 31.3. The molecule has 1 rings (SSSR count). The molecule has 0 aromatic rings. The maximum atomic E-state index is 13.4. The van der Waals surface area contributed by atoms with Gasteiger partial charge in [-0.1, -0.05) is 34.1 Å². The molecular weight excluding hydrogens is 542 g/mol. The molecule has 232 valence electrons. The Bertz CT molecular complexity index is 966. The second-order valence-corrected chi connectivity index (χ2v) is 10.6. The average Bonchev–Trinajstić information content (AvgIpc) is 3.44. The van der Waals surface area contributed by atoms with E-state index in [-0.39, 0.29) is 12.8 Å². The Morgan fingerprint density at radius 1 is 0.756 bits per heavy atom. The van der Waals surface area contributed by atoms with Crippen LogP contribution in [-0.2, 0) is 33.6 Å². The number of carboxylic acid groups (broad SMARTS) is 3. The summed E-state index contributed by atoms with van der Waals surface area (Å²) in [4.78, 5) is 86.0. The molecule has 15 nitrogen and oxygen atoms in total. The van der Waals surface area contributed by atoms with Gasteiger partial charge in [0.05, 0.1) is 6.04 Å². The molecule has 0 spiro atoms. The molecule has 0 saturated carbocycles. The summed E-state index contributed by atoms with van der Waals surface area (Å²) in [6.45, 7) is 7.17. The normalized spacial score (nSPS) is 18.3. The molecular formula is C26H43N5O10. The standard InChI is InChI=1S/C26H43N5O10/c1-5-14(4)21(31-24(38)16(8-10-18(32)33)28-22(36)15-7-6-12-27-15)25(39)29-17(9-11-19(34)35)23(37)30-20(13(2)3)26(40)41/h13-17,20-21,27H,5-12H2,1-4H3,(H,28,36)(H,29,39)(H,30,37)(H,31,38)(H,32,33)(H,34,35)(H,40,41)/t14-,15-,16-,17-,20-,21-/m0/s1. The fourth-order valence-corrected chi connectivity index (χ4v) is 4.24. The third kappa shape index (κ3) is 12.1. The van der Waals surface area contributed by atoms with Crippen LogP contribution in [0.5, 0.6) is 0 Å². The zero-order valence-corrected chi connectivity index (χ0v) is 23.9. The average molecular weight is 586 g/mol. The molecule has 0 aliphatic carbocycles. The maximum Gasteiger partial charge on any atom is 0.326 e. The van der Waals surface area contributed by atoms with Crippen LogP contribution in [0.2, 0.25) is 0 Å². The Morgan fingerprint density at radius 2 is 1.27 bits per heavy atom. The van der Waals surface area contributed by atoms with Crippen LogP contribution in [-0.4, -0.2) is 93.6 Å². The molecule has 1 fully saturated rings. The van der Waals surface area contributed by atoms with Crippen LogP contribution in [0.3, 0.4) is 0 Å². The van der Waals surface area contributed by atoms with E-state index in [1.807, 2.05) is 0 Å². The molecule has 4 amide bonds. The Balaban J connectivity index is 3.13. The summed E-state index contributed by atoms with van der Waals surface area (Å²) in [5.74, 6) is -7.70. The van der Waals surface area contributed by atoms with Crippen LogP contribution < -0.4 is 26.6 Å². The first-order valence-electron chi connectivity index (χ1n) is 13.8. The molecule has 15 heteroatoms. The first-order valence-corrected chi connectivity index (χ1v) is 13.8. The molecule has 1 saturated heterocycles. The molecule has 0 aromatic carbocycles. The van der Waals surface area contributed by atoms with E-state index in [2.05, 4.69) is 26.6 Å². The SMILES string of the molecule is CC[C@H](C)[C@H](NC(=O)[C@H](CCC(=O)O)NC(=O)[C@@H]1CCCN1)C(=O)N[C@@H](CCC(=O)O)C(=O)N[C@H](C(=O)O)C(C)C. The number of hydrogen-bond donors (Lipinski definition) is 8. The number of carbonyl (C=O) groups excluding carboxylic acids is 4. The lowest BCUT2D eigenvalue weighted by molar-refractivity contribution is -0.144. The van der Waals surface area contributed by atoms with Gasteiger partial charge >= 0.3 is 17.9 Å². The fraction of sp³-hybridized carbons (Fsp3) is 0.731. The summed E-state index contributed by atoms with van der Waals surface area (Å²) in [6.07, 6.45) is 0.216. The van der Waals surface area contributed by atoms with Gasteiger partial charge in [-0.05, 0) is 44.1 Å². The molecule has 1 heterocycles. The highest BCUT2D eigenvalue weighted by Gasteiger charge is 2.35. The van der Waals surface area contributed by atoms with Crippen molar-refractivity contribution in [3.8, 4) is 0 Å². The maximum absolute atomic E-state index is 13.4. The molecule has 1 aliphatic heterocycles. The lowest BCUT2D eigenvalue weighted by Crippen LogP contribution is -2.60. The van der Waals surface area contributed by atoms with E-state index in [0.29, 0.717) is 19.4 Å². The minimum atomic E-state index is -1.42. The minimum Gasteiger partial charge on any atom is -0.481 e. The van der Waals surface area contributed by atoms with E-state index in [1.165, 1.54) is 0 Å². The topological polar surface area (TPSA) is 240 Å². The predicted octanol–water partition coefficient (Wildman–Crippen LogP) is -0.806. The van der Waals surface area contributed by atoms with Crippen molar-refractivity contribution < 1.29 is 48.9 Å². The molecule has 8 N–H and O–H groups in total. The van der Waals surface area contributed by atoms with E-state index in [9.17, 15) is 38.7 Å². The number of aliphatic carboxylic acids is 3. The second-order valence-electron chi connectivity index (χ2n) is 10.6. The number of carbonyl (C=O) groups is 7. The van der Waals surface area contributed by atoms with Gasteiger partial charge in [-0.25, -0.2) is 4.79 Å². The quantitative estimate of drug-likeness (QED) is 0.0989. The highest BCUT2D eigenvalue weighted by Crippen LogP contribution is 2.12. The minimum absolute atomic E-state index is 0.232. The van der Waals surface area contributed by atoms with Crippen molar-refractivity contribution in [2.75, 3.05) is 6.54 Å². The second kappa shape index (κ2) is 17.1. The Morgan fingerprint density at radius 3 is 1.68 bits per heavy atom.